The number of benzene rings is 1. The Morgan fingerprint density at radius 2 is 1.86 bits per heavy atom. The van der Waals surface area contributed by atoms with E-state index in [9.17, 15) is 4.79 Å². The summed E-state index contributed by atoms with van der Waals surface area (Å²) in [5, 5.41) is 7.42. The summed E-state index contributed by atoms with van der Waals surface area (Å²) >= 11 is 6.20. The predicted molar refractivity (Wildman–Crippen MR) is 115 cm³/mol. The molecule has 0 radical (unpaired) electrons. The van der Waals surface area contributed by atoms with Gasteiger partial charge in [0.15, 0.2) is 5.96 Å². The van der Waals surface area contributed by atoms with Crippen LogP contribution in [0.5, 0.6) is 0 Å². The summed E-state index contributed by atoms with van der Waals surface area (Å²) in [6, 6.07) is 7.82. The van der Waals surface area contributed by atoms with Crippen molar-refractivity contribution >= 4 is 23.5 Å². The first kappa shape index (κ1) is 20.9. The molecule has 1 aromatic carbocycles. The maximum atomic E-state index is 12.5. The van der Waals surface area contributed by atoms with E-state index < -0.39 is 0 Å². The summed E-state index contributed by atoms with van der Waals surface area (Å²) in [5.74, 6) is 1.45. The first-order valence-corrected chi connectivity index (χ1v) is 10.7. The Hall–Kier alpha value is -1.79. The van der Waals surface area contributed by atoms with Crippen molar-refractivity contribution in [1.82, 2.24) is 20.4 Å². The molecule has 0 spiro atoms. The molecular weight excluding hydrogens is 374 g/mol. The quantitative estimate of drug-likeness (QED) is 0.563. The molecule has 1 aliphatic heterocycles. The van der Waals surface area contributed by atoms with E-state index in [-0.39, 0.29) is 0 Å². The monoisotopic (exact) mass is 405 g/mol. The summed E-state index contributed by atoms with van der Waals surface area (Å²) in [6.45, 7) is 6.01. The fourth-order valence-electron chi connectivity index (χ4n) is 4.00. The van der Waals surface area contributed by atoms with Crippen LogP contribution >= 0.6 is 11.6 Å². The van der Waals surface area contributed by atoms with Crippen molar-refractivity contribution in [3.63, 3.8) is 0 Å². The van der Waals surface area contributed by atoms with E-state index in [0.29, 0.717) is 18.4 Å². The third kappa shape index (κ3) is 5.85. The number of aliphatic imine (C=N–C) groups is 1. The number of piperazine rings is 1. The van der Waals surface area contributed by atoms with Crippen molar-refractivity contribution in [2.24, 2.45) is 10.9 Å². The van der Waals surface area contributed by atoms with Crippen molar-refractivity contribution in [1.29, 1.82) is 0 Å². The maximum absolute atomic E-state index is 12.5. The number of hydrogen-bond donors (Lipinski definition) is 2. The van der Waals surface area contributed by atoms with Crippen LogP contribution in [0.4, 0.5) is 0 Å². The van der Waals surface area contributed by atoms with Gasteiger partial charge < -0.3 is 15.5 Å². The molecule has 1 amide bonds. The molecule has 1 heterocycles. The molecule has 0 bridgehead atoms. The first-order valence-electron chi connectivity index (χ1n) is 10.4. The van der Waals surface area contributed by atoms with Gasteiger partial charge in [0.25, 0.3) is 0 Å². The number of rotatable bonds is 6. The maximum Gasteiger partial charge on any atom is 0.225 e. The Kier molecular flexibility index (Phi) is 7.98. The highest BCUT2D eigenvalue weighted by molar-refractivity contribution is 6.31. The van der Waals surface area contributed by atoms with Crippen LogP contribution in [0, 0.1) is 5.92 Å². The molecule has 2 N–H and O–H groups in total. The van der Waals surface area contributed by atoms with Gasteiger partial charge in [-0.1, -0.05) is 42.6 Å². The molecule has 3 rings (SSSR count). The van der Waals surface area contributed by atoms with E-state index >= 15 is 0 Å². The lowest BCUT2D eigenvalue weighted by molar-refractivity contribution is -0.137. The molecule has 28 heavy (non-hydrogen) atoms. The van der Waals surface area contributed by atoms with Crippen molar-refractivity contribution in [3.05, 3.63) is 34.9 Å². The molecule has 0 unspecified atom stereocenters. The third-order valence-corrected chi connectivity index (χ3v) is 6.11. The Morgan fingerprint density at radius 1 is 1.14 bits per heavy atom. The molecule has 0 aromatic heterocycles. The van der Waals surface area contributed by atoms with Gasteiger partial charge in [0, 0.05) is 63.8 Å². The highest BCUT2D eigenvalue weighted by Gasteiger charge is 2.29. The zero-order valence-electron chi connectivity index (χ0n) is 16.8. The van der Waals surface area contributed by atoms with Crippen LogP contribution in [-0.2, 0) is 11.3 Å². The van der Waals surface area contributed by atoms with E-state index in [2.05, 4.69) is 25.4 Å². The Balaban J connectivity index is 1.33. The van der Waals surface area contributed by atoms with Crippen LogP contribution in [-0.4, -0.2) is 68.0 Å². The highest BCUT2D eigenvalue weighted by Crippen LogP contribution is 2.26. The Bertz CT molecular complexity index is 667. The van der Waals surface area contributed by atoms with Gasteiger partial charge in [-0.15, -0.1) is 0 Å². The van der Waals surface area contributed by atoms with Crippen LogP contribution in [0.25, 0.3) is 0 Å². The molecule has 1 saturated carbocycles. The van der Waals surface area contributed by atoms with Gasteiger partial charge in [0.2, 0.25) is 5.91 Å². The number of guanidine groups is 1. The lowest BCUT2D eigenvalue weighted by atomic mass is 10.1. The molecule has 0 atom stereocenters. The zero-order chi connectivity index (χ0) is 19.8. The van der Waals surface area contributed by atoms with Crippen LogP contribution in [0.15, 0.2) is 29.3 Å². The van der Waals surface area contributed by atoms with Crippen molar-refractivity contribution < 1.29 is 4.79 Å². The smallest absolute Gasteiger partial charge is 0.225 e. The second kappa shape index (κ2) is 10.7. The van der Waals surface area contributed by atoms with Gasteiger partial charge in [-0.05, 0) is 24.5 Å². The molecule has 6 nitrogen and oxygen atoms in total. The lowest BCUT2D eigenvalue weighted by Crippen LogP contribution is -2.51. The number of amides is 1. The Labute approximate surface area is 173 Å². The third-order valence-electron chi connectivity index (χ3n) is 5.74. The molecule has 2 aliphatic rings. The van der Waals surface area contributed by atoms with Crippen molar-refractivity contribution in [2.75, 3.05) is 46.3 Å². The van der Waals surface area contributed by atoms with E-state index in [1.807, 2.05) is 24.3 Å². The lowest BCUT2D eigenvalue weighted by Gasteiger charge is -2.36. The summed E-state index contributed by atoms with van der Waals surface area (Å²) in [4.78, 5) is 21.3. The molecule has 7 heteroatoms. The first-order chi connectivity index (χ1) is 13.7. The van der Waals surface area contributed by atoms with Gasteiger partial charge in [-0.25, -0.2) is 0 Å². The van der Waals surface area contributed by atoms with E-state index in [0.717, 1.165) is 68.7 Å². The standard InChI is InChI=1S/C21H32ClN5O/c1-23-21(25-16-18-8-4-5-9-19(18)22)24-10-11-26-12-14-27(15-13-26)20(28)17-6-2-3-7-17/h4-5,8-9,17H,2-3,6-7,10-16H2,1H3,(H2,23,24,25). The number of nitrogens with zero attached hydrogens (tertiary/aromatic N) is 3. The number of nitrogens with one attached hydrogen (secondary N) is 2. The molecule has 1 aliphatic carbocycles. The summed E-state index contributed by atoms with van der Waals surface area (Å²) < 4.78 is 0. The van der Waals surface area contributed by atoms with Gasteiger partial charge in [-0.3, -0.25) is 14.7 Å². The second-order valence-corrected chi connectivity index (χ2v) is 8.00. The van der Waals surface area contributed by atoms with Gasteiger partial charge in [0.05, 0.1) is 0 Å². The number of carbonyl (C=O) groups is 1. The van der Waals surface area contributed by atoms with Crippen LogP contribution in [0.2, 0.25) is 5.02 Å². The van der Waals surface area contributed by atoms with Gasteiger partial charge in [0.1, 0.15) is 0 Å². The van der Waals surface area contributed by atoms with Crippen LogP contribution in [0.3, 0.4) is 0 Å². The van der Waals surface area contributed by atoms with E-state index in [4.69, 9.17) is 11.6 Å². The minimum Gasteiger partial charge on any atom is -0.355 e. The van der Waals surface area contributed by atoms with E-state index in [1.165, 1.54) is 12.8 Å². The van der Waals surface area contributed by atoms with Crippen LogP contribution < -0.4 is 10.6 Å². The van der Waals surface area contributed by atoms with Gasteiger partial charge in [-0.2, -0.15) is 0 Å². The van der Waals surface area contributed by atoms with E-state index in [1.54, 1.807) is 7.05 Å². The molecule has 1 aromatic rings. The number of halogens is 1. The minimum absolute atomic E-state index is 0.292. The SMILES string of the molecule is CN=C(NCCN1CCN(C(=O)C2CCCC2)CC1)NCc1ccccc1Cl. The Morgan fingerprint density at radius 3 is 2.54 bits per heavy atom. The molecule has 1 saturated heterocycles. The van der Waals surface area contributed by atoms with Crippen molar-refractivity contribution in [3.8, 4) is 0 Å². The minimum atomic E-state index is 0.292. The summed E-state index contributed by atoms with van der Waals surface area (Å²) in [6.07, 6.45) is 4.61. The molecular formula is C21H32ClN5O. The molecule has 2 fully saturated rings. The highest BCUT2D eigenvalue weighted by atomic mass is 35.5. The zero-order valence-corrected chi connectivity index (χ0v) is 17.5. The van der Waals surface area contributed by atoms with Crippen LogP contribution in [0.1, 0.15) is 31.2 Å². The van der Waals surface area contributed by atoms with Gasteiger partial charge >= 0.3 is 0 Å². The largest absolute Gasteiger partial charge is 0.355 e. The predicted octanol–water partition coefficient (Wildman–Crippen LogP) is 2.34. The average Bonchev–Trinajstić information content (AvgIpc) is 3.26. The summed E-state index contributed by atoms with van der Waals surface area (Å²) in [5.41, 5.74) is 1.05. The fourth-order valence-corrected chi connectivity index (χ4v) is 4.20. The number of hydrogen-bond acceptors (Lipinski definition) is 3. The fraction of sp³-hybridized carbons (Fsp3) is 0.619. The molecule has 154 valence electrons. The average molecular weight is 406 g/mol. The second-order valence-electron chi connectivity index (χ2n) is 7.59. The topological polar surface area (TPSA) is 60.0 Å². The number of carbonyl (C=O) groups excluding carboxylic acids is 1. The normalized spacial score (nSPS) is 19.1. The van der Waals surface area contributed by atoms with Crippen molar-refractivity contribution in [2.45, 2.75) is 32.2 Å². The summed E-state index contributed by atoms with van der Waals surface area (Å²) in [7, 11) is 1.77.